The SMILES string of the molecule is CCNC(=O)C1CCCN(C(=O)c2ccc(NC(=O)c3ccc(C)cc3)cc2)C1.O=C(O)C(F)(F)F. The van der Waals surface area contributed by atoms with Gasteiger partial charge in [-0.15, -0.1) is 0 Å². The lowest BCUT2D eigenvalue weighted by atomic mass is 9.96. The molecule has 36 heavy (non-hydrogen) atoms. The third-order valence-electron chi connectivity index (χ3n) is 5.38. The van der Waals surface area contributed by atoms with Gasteiger partial charge in [0.25, 0.3) is 11.8 Å². The number of rotatable bonds is 5. The molecule has 11 heteroatoms. The lowest BCUT2D eigenvalue weighted by Gasteiger charge is -2.32. The van der Waals surface area contributed by atoms with Gasteiger partial charge in [-0.2, -0.15) is 13.2 Å². The zero-order valence-corrected chi connectivity index (χ0v) is 19.9. The first-order chi connectivity index (χ1) is 16.9. The van der Waals surface area contributed by atoms with Crippen LogP contribution in [0.5, 0.6) is 0 Å². The van der Waals surface area contributed by atoms with Crippen LogP contribution in [0, 0.1) is 12.8 Å². The van der Waals surface area contributed by atoms with E-state index in [1.165, 1.54) is 0 Å². The number of amides is 3. The van der Waals surface area contributed by atoms with Crippen LogP contribution in [0.3, 0.4) is 0 Å². The maximum Gasteiger partial charge on any atom is 0.490 e. The van der Waals surface area contributed by atoms with E-state index in [0.29, 0.717) is 36.4 Å². The number of carbonyl (C=O) groups is 4. The van der Waals surface area contributed by atoms with Crippen molar-refractivity contribution in [1.82, 2.24) is 10.2 Å². The number of hydrogen-bond acceptors (Lipinski definition) is 4. The van der Waals surface area contributed by atoms with Gasteiger partial charge in [0.1, 0.15) is 0 Å². The molecule has 1 fully saturated rings. The highest BCUT2D eigenvalue weighted by molar-refractivity contribution is 6.04. The molecule has 0 aliphatic carbocycles. The standard InChI is InChI=1S/C23H27N3O3.C2HF3O2/c1-3-24-21(27)19-5-4-14-26(15-19)23(29)18-10-12-20(13-11-18)25-22(28)17-8-6-16(2)7-9-17;3-2(4,5)1(6)7/h6-13,19H,3-5,14-15H2,1-2H3,(H,24,27)(H,25,28);(H,6,7). The van der Waals surface area contributed by atoms with Crippen molar-refractivity contribution in [3.05, 3.63) is 65.2 Å². The molecule has 194 valence electrons. The van der Waals surface area contributed by atoms with Crippen LogP contribution in [-0.2, 0) is 9.59 Å². The van der Waals surface area contributed by atoms with Gasteiger partial charge in [0.2, 0.25) is 5.91 Å². The molecular formula is C25H28F3N3O5. The molecule has 3 rings (SSSR count). The number of benzene rings is 2. The van der Waals surface area contributed by atoms with Crippen LogP contribution >= 0.6 is 0 Å². The zero-order valence-electron chi connectivity index (χ0n) is 19.9. The van der Waals surface area contributed by atoms with Crippen molar-refractivity contribution in [3.63, 3.8) is 0 Å². The Morgan fingerprint density at radius 2 is 1.56 bits per heavy atom. The fourth-order valence-corrected chi connectivity index (χ4v) is 3.48. The third-order valence-corrected chi connectivity index (χ3v) is 5.38. The molecule has 2 aromatic rings. The Hall–Kier alpha value is -3.89. The number of aryl methyl sites for hydroxylation is 1. The summed E-state index contributed by atoms with van der Waals surface area (Å²) >= 11 is 0. The summed E-state index contributed by atoms with van der Waals surface area (Å²) in [6, 6.07) is 14.2. The summed E-state index contributed by atoms with van der Waals surface area (Å²) in [5, 5.41) is 12.8. The summed E-state index contributed by atoms with van der Waals surface area (Å²) in [5.41, 5.74) is 2.86. The third kappa shape index (κ3) is 8.40. The summed E-state index contributed by atoms with van der Waals surface area (Å²) in [7, 11) is 0. The van der Waals surface area contributed by atoms with E-state index < -0.39 is 12.1 Å². The molecule has 1 aliphatic heterocycles. The molecule has 0 saturated carbocycles. The fourth-order valence-electron chi connectivity index (χ4n) is 3.48. The lowest BCUT2D eigenvalue weighted by molar-refractivity contribution is -0.192. The van der Waals surface area contributed by atoms with Gasteiger partial charge in [0.15, 0.2) is 0 Å². The summed E-state index contributed by atoms with van der Waals surface area (Å²) < 4.78 is 31.7. The molecule has 1 atom stereocenters. The first-order valence-corrected chi connectivity index (χ1v) is 11.3. The monoisotopic (exact) mass is 507 g/mol. The summed E-state index contributed by atoms with van der Waals surface area (Å²) in [6.07, 6.45) is -3.46. The first kappa shape index (κ1) is 28.3. The fraction of sp³-hybridized carbons (Fsp3) is 0.360. The second-order valence-corrected chi connectivity index (χ2v) is 8.19. The van der Waals surface area contributed by atoms with Crippen molar-refractivity contribution in [2.24, 2.45) is 5.92 Å². The van der Waals surface area contributed by atoms with Crippen molar-refractivity contribution in [2.45, 2.75) is 32.9 Å². The number of anilines is 1. The van der Waals surface area contributed by atoms with Gasteiger partial charge in [-0.3, -0.25) is 14.4 Å². The molecule has 0 radical (unpaired) electrons. The number of halogens is 3. The summed E-state index contributed by atoms with van der Waals surface area (Å²) in [6.45, 7) is 5.55. The Balaban J connectivity index is 0.000000572. The van der Waals surface area contributed by atoms with Crippen LogP contribution in [0.1, 0.15) is 46.0 Å². The number of carboxylic acid groups (broad SMARTS) is 1. The largest absolute Gasteiger partial charge is 0.490 e. The Labute approximate surface area is 206 Å². The molecule has 0 aromatic heterocycles. The van der Waals surface area contributed by atoms with Gasteiger partial charge in [-0.1, -0.05) is 17.7 Å². The Morgan fingerprint density at radius 3 is 2.08 bits per heavy atom. The van der Waals surface area contributed by atoms with Crippen molar-refractivity contribution in [3.8, 4) is 0 Å². The van der Waals surface area contributed by atoms with Crippen molar-refractivity contribution in [1.29, 1.82) is 0 Å². The summed E-state index contributed by atoms with van der Waals surface area (Å²) in [4.78, 5) is 47.9. The minimum Gasteiger partial charge on any atom is -0.475 e. The Morgan fingerprint density at radius 1 is 1.00 bits per heavy atom. The number of nitrogens with one attached hydrogen (secondary N) is 2. The number of carbonyl (C=O) groups excluding carboxylic acids is 3. The van der Waals surface area contributed by atoms with Gasteiger partial charge in [-0.25, -0.2) is 4.79 Å². The van der Waals surface area contributed by atoms with Gasteiger partial charge >= 0.3 is 12.1 Å². The van der Waals surface area contributed by atoms with Crippen molar-refractivity contribution in [2.75, 3.05) is 25.0 Å². The smallest absolute Gasteiger partial charge is 0.475 e. The number of aliphatic carboxylic acids is 1. The minimum atomic E-state index is -5.08. The first-order valence-electron chi connectivity index (χ1n) is 11.3. The normalized spacial score (nSPS) is 15.2. The van der Waals surface area contributed by atoms with Crippen LogP contribution in [0.4, 0.5) is 18.9 Å². The Kier molecular flexibility index (Phi) is 10.0. The number of alkyl halides is 3. The molecule has 1 saturated heterocycles. The van der Waals surface area contributed by atoms with Gasteiger partial charge in [0.05, 0.1) is 5.92 Å². The molecule has 3 amide bonds. The quantitative estimate of drug-likeness (QED) is 0.568. The molecule has 3 N–H and O–H groups in total. The number of piperidine rings is 1. The van der Waals surface area contributed by atoms with E-state index in [1.54, 1.807) is 41.3 Å². The van der Waals surface area contributed by atoms with E-state index in [9.17, 15) is 27.6 Å². The predicted octanol–water partition coefficient (Wildman–Crippen LogP) is 3.87. The van der Waals surface area contributed by atoms with E-state index in [1.807, 2.05) is 26.0 Å². The highest BCUT2D eigenvalue weighted by atomic mass is 19.4. The van der Waals surface area contributed by atoms with Crippen molar-refractivity contribution < 1.29 is 37.5 Å². The average molecular weight is 508 g/mol. The molecule has 1 unspecified atom stereocenters. The zero-order chi connectivity index (χ0) is 26.9. The van der Waals surface area contributed by atoms with Crippen LogP contribution in [0.2, 0.25) is 0 Å². The molecule has 0 bridgehead atoms. The molecule has 8 nitrogen and oxygen atoms in total. The van der Waals surface area contributed by atoms with E-state index >= 15 is 0 Å². The number of carboxylic acids is 1. The van der Waals surface area contributed by atoms with Gasteiger partial charge in [-0.05, 0) is 63.1 Å². The molecule has 2 aromatic carbocycles. The molecule has 0 spiro atoms. The summed E-state index contributed by atoms with van der Waals surface area (Å²) in [5.74, 6) is -3.17. The van der Waals surface area contributed by atoms with Crippen molar-refractivity contribution >= 4 is 29.4 Å². The van der Waals surface area contributed by atoms with Crippen LogP contribution in [0.25, 0.3) is 0 Å². The maximum absolute atomic E-state index is 12.8. The molecule has 1 aliphatic rings. The predicted molar refractivity (Wildman–Crippen MR) is 127 cm³/mol. The minimum absolute atomic E-state index is 0.0131. The van der Waals surface area contributed by atoms with E-state index in [4.69, 9.17) is 9.90 Å². The highest BCUT2D eigenvalue weighted by Crippen LogP contribution is 2.20. The van der Waals surface area contributed by atoms with E-state index in [2.05, 4.69) is 10.6 Å². The lowest BCUT2D eigenvalue weighted by Crippen LogP contribution is -2.45. The van der Waals surface area contributed by atoms with Crippen LogP contribution in [-0.4, -0.2) is 59.5 Å². The average Bonchev–Trinajstić information content (AvgIpc) is 2.84. The second kappa shape index (κ2) is 12.7. The molecule has 1 heterocycles. The number of nitrogens with zero attached hydrogens (tertiary/aromatic N) is 1. The van der Waals surface area contributed by atoms with Crippen LogP contribution < -0.4 is 10.6 Å². The van der Waals surface area contributed by atoms with Crippen LogP contribution in [0.15, 0.2) is 48.5 Å². The highest BCUT2D eigenvalue weighted by Gasteiger charge is 2.38. The van der Waals surface area contributed by atoms with E-state index in [-0.39, 0.29) is 23.6 Å². The van der Waals surface area contributed by atoms with E-state index in [0.717, 1.165) is 18.4 Å². The van der Waals surface area contributed by atoms with Gasteiger partial charge < -0.3 is 20.6 Å². The Bertz CT molecular complexity index is 1070. The second-order valence-electron chi connectivity index (χ2n) is 8.19. The number of hydrogen-bond donors (Lipinski definition) is 3. The molecular weight excluding hydrogens is 479 g/mol. The maximum atomic E-state index is 12.8. The topological polar surface area (TPSA) is 116 Å². The number of likely N-dealkylation sites (tertiary alicyclic amines) is 1. The van der Waals surface area contributed by atoms with Gasteiger partial charge in [0, 0.05) is 36.4 Å².